The third kappa shape index (κ3) is 3.99. The van der Waals surface area contributed by atoms with E-state index in [0.29, 0.717) is 28.2 Å². The molecule has 0 aliphatic carbocycles. The van der Waals surface area contributed by atoms with Crippen molar-refractivity contribution < 1.29 is 17.6 Å². The summed E-state index contributed by atoms with van der Waals surface area (Å²) in [5.74, 6) is 0.262. The molecule has 7 nitrogen and oxygen atoms in total. The number of carbonyl (C=O) groups is 1. The number of rotatable bonds is 4. The summed E-state index contributed by atoms with van der Waals surface area (Å²) < 4.78 is 34.8. The van der Waals surface area contributed by atoms with E-state index in [0.717, 1.165) is 13.0 Å². The van der Waals surface area contributed by atoms with Crippen LogP contribution in [0.5, 0.6) is 0 Å². The summed E-state index contributed by atoms with van der Waals surface area (Å²) >= 11 is 3.18. The van der Waals surface area contributed by atoms with Crippen LogP contribution in [0.25, 0.3) is 0 Å². The van der Waals surface area contributed by atoms with Gasteiger partial charge in [0.1, 0.15) is 5.84 Å². The third-order valence-electron chi connectivity index (χ3n) is 4.04. The first-order valence-corrected chi connectivity index (χ1v) is 10.2. The molecule has 1 aromatic heterocycles. The lowest BCUT2D eigenvalue weighted by molar-refractivity contribution is 0.0994. The molecular formula is C17H18BrN3O4S. The van der Waals surface area contributed by atoms with Gasteiger partial charge in [0.05, 0.1) is 4.90 Å². The molecule has 1 amide bonds. The van der Waals surface area contributed by atoms with Crippen molar-refractivity contribution in [1.82, 2.24) is 4.90 Å². The lowest BCUT2D eigenvalue weighted by Gasteiger charge is -2.11. The summed E-state index contributed by atoms with van der Waals surface area (Å²) in [6.07, 6.45) is 1.53. The molecule has 26 heavy (non-hydrogen) atoms. The predicted molar refractivity (Wildman–Crippen MR) is 102 cm³/mol. The van der Waals surface area contributed by atoms with Gasteiger partial charge in [0.15, 0.2) is 10.4 Å². The number of benzene rings is 1. The van der Waals surface area contributed by atoms with E-state index < -0.39 is 15.9 Å². The minimum Gasteiger partial charge on any atom is -0.444 e. The number of sulfonamides is 1. The van der Waals surface area contributed by atoms with Crippen LogP contribution in [0.4, 0.5) is 5.69 Å². The van der Waals surface area contributed by atoms with Crippen molar-refractivity contribution in [2.45, 2.75) is 24.7 Å². The van der Waals surface area contributed by atoms with Gasteiger partial charge in [-0.05, 0) is 53.5 Å². The maximum atomic E-state index is 12.5. The Morgan fingerprint density at radius 3 is 2.73 bits per heavy atom. The summed E-state index contributed by atoms with van der Waals surface area (Å²) in [6, 6.07) is 7.70. The Hall–Kier alpha value is -2.13. The molecule has 1 saturated heterocycles. The van der Waals surface area contributed by atoms with E-state index in [-0.39, 0.29) is 10.7 Å². The van der Waals surface area contributed by atoms with Gasteiger partial charge in [0, 0.05) is 31.3 Å². The molecule has 0 unspecified atom stereocenters. The molecule has 0 radical (unpaired) electrons. The number of amidine groups is 1. The summed E-state index contributed by atoms with van der Waals surface area (Å²) in [5.41, 5.74) is 1.02. The molecule has 0 saturated carbocycles. The standard InChI is InChI=1S/C17H18BrN3O4S/c1-11-9-14(18)25-16(11)17(22)19-12-5-3-6-13(10-12)26(23,24)20-15-7-4-8-21(15)2/h3,5-6,9-10H,4,7-8H2,1-2H3,(H,19,22)/b20-15+. The van der Waals surface area contributed by atoms with E-state index >= 15 is 0 Å². The maximum Gasteiger partial charge on any atom is 0.291 e. The predicted octanol–water partition coefficient (Wildman–Crippen LogP) is 3.42. The van der Waals surface area contributed by atoms with Gasteiger partial charge in [-0.2, -0.15) is 8.42 Å². The number of aryl methyl sites for hydroxylation is 1. The second-order valence-corrected chi connectivity index (χ2v) is 8.44. The van der Waals surface area contributed by atoms with E-state index in [1.54, 1.807) is 25.1 Å². The number of anilines is 1. The maximum absolute atomic E-state index is 12.5. The molecule has 1 fully saturated rings. The highest BCUT2D eigenvalue weighted by Gasteiger charge is 2.21. The Balaban J connectivity index is 1.84. The van der Waals surface area contributed by atoms with Crippen molar-refractivity contribution in [2.75, 3.05) is 18.9 Å². The number of furan rings is 1. The molecule has 1 N–H and O–H groups in total. The number of nitrogens with zero attached hydrogens (tertiary/aromatic N) is 2. The normalized spacial score (nSPS) is 16.3. The molecule has 2 aromatic rings. The highest BCUT2D eigenvalue weighted by Crippen LogP contribution is 2.23. The van der Waals surface area contributed by atoms with Crippen LogP contribution in [-0.4, -0.2) is 38.7 Å². The zero-order valence-corrected chi connectivity index (χ0v) is 16.7. The van der Waals surface area contributed by atoms with E-state index in [2.05, 4.69) is 25.6 Å². The van der Waals surface area contributed by atoms with Crippen LogP contribution in [-0.2, 0) is 10.0 Å². The molecule has 2 heterocycles. The van der Waals surface area contributed by atoms with Crippen molar-refractivity contribution in [3.63, 3.8) is 0 Å². The molecule has 1 aliphatic heterocycles. The van der Waals surface area contributed by atoms with Gasteiger partial charge < -0.3 is 14.6 Å². The lowest BCUT2D eigenvalue weighted by Crippen LogP contribution is -2.20. The fourth-order valence-corrected chi connectivity index (χ4v) is 4.34. The lowest BCUT2D eigenvalue weighted by atomic mass is 10.2. The second kappa shape index (κ2) is 7.24. The number of halogens is 1. The van der Waals surface area contributed by atoms with Crippen molar-refractivity contribution in [3.8, 4) is 0 Å². The van der Waals surface area contributed by atoms with E-state index in [1.165, 1.54) is 12.1 Å². The van der Waals surface area contributed by atoms with E-state index in [1.807, 2.05) is 11.9 Å². The molecule has 0 bridgehead atoms. The SMILES string of the molecule is Cc1cc(Br)oc1C(=O)Nc1cccc(S(=O)(=O)/N=C2\CCCN2C)c1. The van der Waals surface area contributed by atoms with Gasteiger partial charge >= 0.3 is 0 Å². The number of hydrogen-bond acceptors (Lipinski definition) is 4. The largest absolute Gasteiger partial charge is 0.444 e. The monoisotopic (exact) mass is 439 g/mol. The molecular weight excluding hydrogens is 422 g/mol. The quantitative estimate of drug-likeness (QED) is 0.787. The Labute approximate surface area is 160 Å². The zero-order valence-electron chi connectivity index (χ0n) is 14.3. The molecule has 138 valence electrons. The van der Waals surface area contributed by atoms with Gasteiger partial charge in [0.2, 0.25) is 0 Å². The average Bonchev–Trinajstić information content (AvgIpc) is 3.12. The topological polar surface area (TPSA) is 92.0 Å². The molecule has 0 spiro atoms. The highest BCUT2D eigenvalue weighted by atomic mass is 79.9. The summed E-state index contributed by atoms with van der Waals surface area (Å²) in [4.78, 5) is 14.2. The molecule has 1 aromatic carbocycles. The number of likely N-dealkylation sites (tertiary alicyclic amines) is 1. The first kappa shape index (κ1) is 18.7. The Morgan fingerprint density at radius 2 is 2.12 bits per heavy atom. The van der Waals surface area contributed by atoms with Gasteiger partial charge in [0.25, 0.3) is 15.9 Å². The number of hydrogen-bond donors (Lipinski definition) is 1. The number of carbonyl (C=O) groups excluding carboxylic acids is 1. The fraction of sp³-hybridized carbons (Fsp3) is 0.294. The summed E-state index contributed by atoms with van der Waals surface area (Å²) in [5, 5.41) is 2.65. The zero-order chi connectivity index (χ0) is 18.9. The van der Waals surface area contributed by atoms with E-state index in [4.69, 9.17) is 4.42 Å². The minimum atomic E-state index is -3.84. The summed E-state index contributed by atoms with van der Waals surface area (Å²) in [7, 11) is -2.02. The molecule has 3 rings (SSSR count). The molecule has 0 atom stereocenters. The highest BCUT2D eigenvalue weighted by molar-refractivity contribution is 9.10. The number of nitrogens with one attached hydrogen (secondary N) is 1. The first-order chi connectivity index (χ1) is 12.3. The van der Waals surface area contributed by atoms with Crippen LogP contribution in [0.2, 0.25) is 0 Å². The van der Waals surface area contributed by atoms with Crippen LogP contribution in [0.1, 0.15) is 29.0 Å². The van der Waals surface area contributed by atoms with Crippen LogP contribution in [0.15, 0.2) is 48.7 Å². The van der Waals surface area contributed by atoms with Gasteiger partial charge in [-0.15, -0.1) is 4.40 Å². The Bertz CT molecular complexity index is 982. The van der Waals surface area contributed by atoms with Crippen LogP contribution >= 0.6 is 15.9 Å². The number of amides is 1. The smallest absolute Gasteiger partial charge is 0.291 e. The fourth-order valence-electron chi connectivity index (χ4n) is 2.69. The Kier molecular flexibility index (Phi) is 5.19. The van der Waals surface area contributed by atoms with Gasteiger partial charge in [-0.3, -0.25) is 4.79 Å². The van der Waals surface area contributed by atoms with Crippen LogP contribution < -0.4 is 5.32 Å². The average molecular weight is 440 g/mol. The van der Waals surface area contributed by atoms with Gasteiger partial charge in [-0.25, -0.2) is 0 Å². The summed E-state index contributed by atoms with van der Waals surface area (Å²) in [6.45, 7) is 2.54. The van der Waals surface area contributed by atoms with Crippen molar-refractivity contribution >= 4 is 43.4 Å². The van der Waals surface area contributed by atoms with Crippen molar-refractivity contribution in [3.05, 3.63) is 46.3 Å². The third-order valence-corrected chi connectivity index (χ3v) is 5.74. The van der Waals surface area contributed by atoms with Crippen molar-refractivity contribution in [2.24, 2.45) is 4.40 Å². The molecule has 1 aliphatic rings. The first-order valence-electron chi connectivity index (χ1n) is 7.98. The Morgan fingerprint density at radius 1 is 1.35 bits per heavy atom. The van der Waals surface area contributed by atoms with Crippen molar-refractivity contribution in [1.29, 1.82) is 0 Å². The molecule has 9 heteroatoms. The van der Waals surface area contributed by atoms with Crippen LogP contribution in [0, 0.1) is 6.92 Å². The second-order valence-electron chi connectivity index (χ2n) is 6.05. The minimum absolute atomic E-state index is 0.0282. The van der Waals surface area contributed by atoms with Gasteiger partial charge in [-0.1, -0.05) is 6.07 Å². The van der Waals surface area contributed by atoms with Crippen LogP contribution in [0.3, 0.4) is 0 Å². The van der Waals surface area contributed by atoms with E-state index in [9.17, 15) is 13.2 Å².